The van der Waals surface area contributed by atoms with Gasteiger partial charge in [0.25, 0.3) is 5.91 Å². The number of nitrogens with zero attached hydrogens (tertiary/aromatic N) is 5. The zero-order chi connectivity index (χ0) is 18.6. The molecule has 1 N–H and O–H groups in total. The normalized spacial score (nSPS) is 17.8. The smallest absolute Gasteiger partial charge is 0.276 e. The standard InChI is InChI=1S/C20H28N6O.2ClH/c1-16-19(22-23-26(16)18-8-10-21-11-9-18)20(27)25-13-5-12-24(14-15-25)17-6-3-2-4-7-17;;/h2-4,6-7,18,21H,5,8-15H2,1H3;2*1H. The number of piperidine rings is 1. The summed E-state index contributed by atoms with van der Waals surface area (Å²) in [5.41, 5.74) is 2.64. The predicted octanol–water partition coefficient (Wildman–Crippen LogP) is 2.71. The molecule has 2 aliphatic heterocycles. The summed E-state index contributed by atoms with van der Waals surface area (Å²) in [5.74, 6) is 0.0163. The van der Waals surface area contributed by atoms with Gasteiger partial charge in [0.15, 0.2) is 5.69 Å². The number of carbonyl (C=O) groups is 1. The Labute approximate surface area is 184 Å². The highest BCUT2D eigenvalue weighted by atomic mass is 35.5. The van der Waals surface area contributed by atoms with E-state index in [4.69, 9.17) is 0 Å². The molecular weight excluding hydrogens is 411 g/mol. The van der Waals surface area contributed by atoms with Crippen molar-refractivity contribution in [1.29, 1.82) is 0 Å². The second-order valence-corrected chi connectivity index (χ2v) is 7.42. The molecule has 0 aliphatic carbocycles. The third kappa shape index (κ3) is 5.21. The fourth-order valence-electron chi connectivity index (χ4n) is 4.10. The van der Waals surface area contributed by atoms with Crippen LogP contribution in [0, 0.1) is 6.92 Å². The van der Waals surface area contributed by atoms with Crippen molar-refractivity contribution in [2.24, 2.45) is 0 Å². The van der Waals surface area contributed by atoms with Gasteiger partial charge in [0.05, 0.1) is 11.7 Å². The van der Waals surface area contributed by atoms with Crippen LogP contribution in [0.1, 0.15) is 41.5 Å². The van der Waals surface area contributed by atoms with Crippen molar-refractivity contribution < 1.29 is 4.79 Å². The molecule has 4 rings (SSSR count). The Morgan fingerprint density at radius 1 is 1.03 bits per heavy atom. The SMILES string of the molecule is Cc1c(C(=O)N2CCCN(c3ccccc3)CC2)nnn1C1CCNCC1.Cl.Cl. The number of aromatic nitrogens is 3. The number of hydrogen-bond acceptors (Lipinski definition) is 5. The Morgan fingerprint density at radius 2 is 1.76 bits per heavy atom. The molecular formula is C20H30Cl2N6O. The minimum Gasteiger partial charge on any atom is -0.370 e. The summed E-state index contributed by atoms with van der Waals surface area (Å²) < 4.78 is 1.96. The maximum atomic E-state index is 13.1. The van der Waals surface area contributed by atoms with E-state index >= 15 is 0 Å². The fraction of sp³-hybridized carbons (Fsp3) is 0.550. The summed E-state index contributed by atoms with van der Waals surface area (Å²) in [6.07, 6.45) is 3.03. The van der Waals surface area contributed by atoms with E-state index in [0.29, 0.717) is 18.3 Å². The van der Waals surface area contributed by atoms with Crippen LogP contribution in [0.25, 0.3) is 0 Å². The molecule has 160 valence electrons. The van der Waals surface area contributed by atoms with E-state index in [0.717, 1.165) is 57.7 Å². The average molecular weight is 441 g/mol. The van der Waals surface area contributed by atoms with E-state index in [2.05, 4.69) is 44.8 Å². The molecule has 0 atom stereocenters. The molecule has 0 unspecified atom stereocenters. The molecule has 2 fully saturated rings. The second-order valence-electron chi connectivity index (χ2n) is 7.42. The highest BCUT2D eigenvalue weighted by molar-refractivity contribution is 5.93. The van der Waals surface area contributed by atoms with Gasteiger partial charge in [-0.1, -0.05) is 23.4 Å². The Hall–Kier alpha value is -1.83. The highest BCUT2D eigenvalue weighted by Crippen LogP contribution is 2.22. The molecule has 1 amide bonds. The maximum Gasteiger partial charge on any atom is 0.276 e. The van der Waals surface area contributed by atoms with Gasteiger partial charge >= 0.3 is 0 Å². The van der Waals surface area contributed by atoms with Crippen LogP contribution in [-0.4, -0.2) is 65.1 Å². The van der Waals surface area contributed by atoms with Crippen LogP contribution >= 0.6 is 24.8 Å². The first-order valence-electron chi connectivity index (χ1n) is 9.96. The summed E-state index contributed by atoms with van der Waals surface area (Å²) in [5, 5.41) is 12.0. The van der Waals surface area contributed by atoms with Crippen molar-refractivity contribution in [3.05, 3.63) is 41.7 Å². The van der Waals surface area contributed by atoms with Crippen LogP contribution in [0.4, 0.5) is 5.69 Å². The minimum atomic E-state index is 0. The van der Waals surface area contributed by atoms with Gasteiger partial charge in [-0.05, 0) is 51.4 Å². The van der Waals surface area contributed by atoms with Crippen LogP contribution in [0.2, 0.25) is 0 Å². The van der Waals surface area contributed by atoms with Crippen molar-refractivity contribution in [2.45, 2.75) is 32.2 Å². The molecule has 0 bridgehead atoms. The molecule has 2 aromatic rings. The van der Waals surface area contributed by atoms with Gasteiger partial charge in [-0.3, -0.25) is 4.79 Å². The summed E-state index contributed by atoms with van der Waals surface area (Å²) >= 11 is 0. The van der Waals surface area contributed by atoms with E-state index in [1.165, 1.54) is 5.69 Å². The molecule has 0 saturated carbocycles. The van der Waals surface area contributed by atoms with Crippen molar-refractivity contribution in [3.8, 4) is 0 Å². The van der Waals surface area contributed by atoms with E-state index in [1.807, 2.05) is 22.6 Å². The molecule has 9 heteroatoms. The van der Waals surface area contributed by atoms with E-state index in [-0.39, 0.29) is 30.7 Å². The van der Waals surface area contributed by atoms with Crippen molar-refractivity contribution in [1.82, 2.24) is 25.2 Å². The van der Waals surface area contributed by atoms with E-state index in [1.54, 1.807) is 0 Å². The fourth-order valence-corrected chi connectivity index (χ4v) is 4.10. The van der Waals surface area contributed by atoms with Gasteiger partial charge in [0, 0.05) is 31.9 Å². The zero-order valence-electron chi connectivity index (χ0n) is 16.8. The number of benzene rings is 1. The lowest BCUT2D eigenvalue weighted by Gasteiger charge is -2.24. The molecule has 1 aromatic heterocycles. The first-order chi connectivity index (χ1) is 13.2. The largest absolute Gasteiger partial charge is 0.370 e. The van der Waals surface area contributed by atoms with Gasteiger partial charge in [0.2, 0.25) is 0 Å². The van der Waals surface area contributed by atoms with Crippen molar-refractivity contribution in [3.63, 3.8) is 0 Å². The lowest BCUT2D eigenvalue weighted by Crippen LogP contribution is -2.36. The first kappa shape index (κ1) is 23.4. The lowest BCUT2D eigenvalue weighted by molar-refractivity contribution is 0.0760. The van der Waals surface area contributed by atoms with Gasteiger partial charge in [-0.25, -0.2) is 4.68 Å². The van der Waals surface area contributed by atoms with Crippen LogP contribution in [0.15, 0.2) is 30.3 Å². The molecule has 0 spiro atoms. The molecule has 2 saturated heterocycles. The second kappa shape index (κ2) is 10.8. The summed E-state index contributed by atoms with van der Waals surface area (Å²) in [6, 6.07) is 10.8. The van der Waals surface area contributed by atoms with Gasteiger partial charge < -0.3 is 15.1 Å². The Morgan fingerprint density at radius 3 is 2.48 bits per heavy atom. The number of anilines is 1. The average Bonchev–Trinajstić information content (AvgIpc) is 2.94. The number of halogens is 2. The molecule has 3 heterocycles. The van der Waals surface area contributed by atoms with E-state index < -0.39 is 0 Å². The van der Waals surface area contributed by atoms with Crippen molar-refractivity contribution in [2.75, 3.05) is 44.2 Å². The molecule has 7 nitrogen and oxygen atoms in total. The molecule has 1 aromatic carbocycles. The first-order valence-corrected chi connectivity index (χ1v) is 9.96. The maximum absolute atomic E-state index is 13.1. The quantitative estimate of drug-likeness (QED) is 0.794. The third-order valence-corrected chi connectivity index (χ3v) is 5.69. The summed E-state index contributed by atoms with van der Waals surface area (Å²) in [4.78, 5) is 17.4. The van der Waals surface area contributed by atoms with E-state index in [9.17, 15) is 4.79 Å². The number of amides is 1. The highest BCUT2D eigenvalue weighted by Gasteiger charge is 2.27. The third-order valence-electron chi connectivity index (χ3n) is 5.69. The predicted molar refractivity (Wildman–Crippen MR) is 120 cm³/mol. The number of para-hydroxylation sites is 1. The van der Waals surface area contributed by atoms with Crippen molar-refractivity contribution >= 4 is 36.4 Å². The number of nitrogens with one attached hydrogen (secondary N) is 1. The Bertz CT molecular complexity index is 779. The summed E-state index contributed by atoms with van der Waals surface area (Å²) in [7, 11) is 0. The lowest BCUT2D eigenvalue weighted by atomic mass is 10.1. The van der Waals surface area contributed by atoms with Crippen LogP contribution < -0.4 is 10.2 Å². The van der Waals surface area contributed by atoms with Crippen LogP contribution in [0.3, 0.4) is 0 Å². The van der Waals surface area contributed by atoms with Gasteiger partial charge in [0.1, 0.15) is 0 Å². The number of hydrogen-bond donors (Lipinski definition) is 1. The molecule has 2 aliphatic rings. The molecule has 0 radical (unpaired) electrons. The Kier molecular flexibility index (Phi) is 8.74. The monoisotopic (exact) mass is 440 g/mol. The minimum absolute atomic E-state index is 0. The number of carbonyl (C=O) groups excluding carboxylic acids is 1. The van der Waals surface area contributed by atoms with Crippen LogP contribution in [0.5, 0.6) is 0 Å². The molecule has 29 heavy (non-hydrogen) atoms. The van der Waals surface area contributed by atoms with Crippen LogP contribution in [-0.2, 0) is 0 Å². The van der Waals surface area contributed by atoms with Gasteiger partial charge in [-0.2, -0.15) is 0 Å². The number of rotatable bonds is 3. The topological polar surface area (TPSA) is 66.3 Å². The van der Waals surface area contributed by atoms with Gasteiger partial charge in [-0.15, -0.1) is 29.9 Å². The summed E-state index contributed by atoms with van der Waals surface area (Å²) in [6.45, 7) is 7.26. The Balaban J connectivity index is 0.00000150. The zero-order valence-corrected chi connectivity index (χ0v) is 18.4.